The molecule has 0 bridgehead atoms. The Hall–Kier alpha value is -1.98. The molecule has 12 heteroatoms. The third-order valence-electron chi connectivity index (χ3n) is 10.2. The van der Waals surface area contributed by atoms with Gasteiger partial charge in [0.15, 0.2) is 17.1 Å². The van der Waals surface area contributed by atoms with Gasteiger partial charge in [-0.1, -0.05) is 25.4 Å². The Morgan fingerprint density at radius 1 is 1.23 bits per heavy atom. The molecule has 4 aliphatic rings. The van der Waals surface area contributed by atoms with E-state index in [0.29, 0.717) is 11.8 Å². The van der Waals surface area contributed by atoms with Gasteiger partial charge < -0.3 is 14.6 Å². The number of hydrogen-bond donors (Lipinski definition) is 1. The molecule has 0 unspecified atom stereocenters. The van der Waals surface area contributed by atoms with Crippen LogP contribution in [0, 0.1) is 28.6 Å². The molecule has 0 spiro atoms. The monoisotopic (exact) mass is 618 g/mol. The quantitative estimate of drug-likeness (QED) is 0.356. The summed E-state index contributed by atoms with van der Waals surface area (Å²) in [6.07, 6.45) is 0.0486. The van der Waals surface area contributed by atoms with E-state index < -0.39 is 74.7 Å². The molecule has 0 aliphatic heterocycles. The molecular weight excluding hydrogens is 589 g/mol. The van der Waals surface area contributed by atoms with Crippen molar-refractivity contribution in [1.29, 1.82) is 0 Å². The lowest BCUT2D eigenvalue weighted by Gasteiger charge is -2.61. The van der Waals surface area contributed by atoms with Crippen molar-refractivity contribution in [3.63, 3.8) is 0 Å². The van der Waals surface area contributed by atoms with E-state index in [9.17, 15) is 23.9 Å². The number of alkyl halides is 3. The number of ether oxygens (including phenoxy) is 2. The first-order valence-corrected chi connectivity index (χ1v) is 15.2. The van der Waals surface area contributed by atoms with Crippen molar-refractivity contribution >= 4 is 51.6 Å². The maximum absolute atomic E-state index is 17.4. The van der Waals surface area contributed by atoms with E-state index in [1.54, 1.807) is 13.8 Å². The molecule has 0 amide bonds. The second kappa shape index (κ2) is 9.80. The minimum absolute atomic E-state index is 0.00975. The van der Waals surface area contributed by atoms with Crippen molar-refractivity contribution in [3.8, 4) is 5.75 Å². The van der Waals surface area contributed by atoms with Crippen LogP contribution in [-0.4, -0.2) is 52.5 Å². The Morgan fingerprint density at radius 3 is 2.58 bits per heavy atom. The largest absolute Gasteiger partial charge is 0.511 e. The fourth-order valence-corrected chi connectivity index (χ4v) is 10.0. The van der Waals surface area contributed by atoms with Crippen LogP contribution >= 0.6 is 34.7 Å². The van der Waals surface area contributed by atoms with Crippen LogP contribution < -0.4 is 4.74 Å². The predicted octanol–water partition coefficient (Wildman–Crippen LogP) is 6.97. The molecule has 8 atom stereocenters. The lowest BCUT2D eigenvalue weighted by Crippen LogP contribution is -2.66. The SMILES string of the molecule is COc1c(C(=O)O[C@]2(C(=O)SCF)[C@H](C)C[C@H]3[C@@H]4C[C@H](F)C5=CC(=O)C=C(O)[C@]5(C)[C@@]4(F)CC[C@@]32C)csc1Cl. The minimum atomic E-state index is -2.15. The topological polar surface area (TPSA) is 89.9 Å². The number of halogens is 4. The number of carbonyl (C=O) groups excluding carboxylic acids is 3. The summed E-state index contributed by atoms with van der Waals surface area (Å²) in [7, 11) is 1.34. The maximum atomic E-state index is 17.4. The second-order valence-corrected chi connectivity index (χ2v) is 14.0. The van der Waals surface area contributed by atoms with E-state index in [-0.39, 0.29) is 46.9 Å². The van der Waals surface area contributed by atoms with Crippen molar-refractivity contribution in [2.45, 2.75) is 63.9 Å². The van der Waals surface area contributed by atoms with Gasteiger partial charge in [0.1, 0.15) is 33.5 Å². The van der Waals surface area contributed by atoms with E-state index in [1.807, 2.05) is 0 Å². The number of fused-ring (bicyclic) bond motifs is 5. The minimum Gasteiger partial charge on any atom is -0.511 e. The smallest absolute Gasteiger partial charge is 0.343 e. The average Bonchev–Trinajstić information content (AvgIpc) is 3.37. The van der Waals surface area contributed by atoms with E-state index in [4.69, 9.17) is 21.1 Å². The summed E-state index contributed by atoms with van der Waals surface area (Å²) in [6, 6.07) is -1.05. The molecule has 0 saturated heterocycles. The summed E-state index contributed by atoms with van der Waals surface area (Å²) in [5.41, 5.74) is -7.03. The fraction of sp³-hybridized carbons (Fsp3) is 0.607. The van der Waals surface area contributed by atoms with Gasteiger partial charge in [-0.25, -0.2) is 18.0 Å². The second-order valence-electron chi connectivity index (χ2n) is 11.6. The zero-order valence-electron chi connectivity index (χ0n) is 22.4. The highest BCUT2D eigenvalue weighted by molar-refractivity contribution is 8.13. The first-order valence-electron chi connectivity index (χ1n) is 13.0. The van der Waals surface area contributed by atoms with Crippen LogP contribution in [0.15, 0.2) is 28.9 Å². The molecule has 1 heterocycles. The first-order chi connectivity index (χ1) is 18.7. The molecule has 1 aromatic heterocycles. The molecule has 1 N–H and O–H groups in total. The number of hydrogen-bond acceptors (Lipinski definition) is 8. The number of aliphatic hydroxyl groups excluding tert-OH is 1. The Labute approximate surface area is 243 Å². The van der Waals surface area contributed by atoms with E-state index in [2.05, 4.69) is 0 Å². The lowest BCUT2D eigenvalue weighted by molar-refractivity contribution is -0.184. The molecule has 40 heavy (non-hydrogen) atoms. The van der Waals surface area contributed by atoms with Gasteiger partial charge in [0, 0.05) is 28.7 Å². The van der Waals surface area contributed by atoms with Crippen LogP contribution in [-0.2, 0) is 14.3 Å². The van der Waals surface area contributed by atoms with Crippen molar-refractivity contribution in [3.05, 3.63) is 38.8 Å². The highest BCUT2D eigenvalue weighted by Crippen LogP contribution is 2.72. The van der Waals surface area contributed by atoms with Gasteiger partial charge in [0.2, 0.25) is 5.12 Å². The standard InChI is InChI=1S/C28H30ClF3O6S2/c1-13-7-16-17-10-19(31)18-8-14(33)9-20(34)26(18,3)27(17,32)6-5-25(16,2)28(13,24(36)40-12-30)38-23(35)15-11-39-22(29)21(15)37-4/h8-9,11,13,16-17,19,34H,5-7,10,12H2,1-4H3/t13-,16+,17+,19+,25+,26-,27-,28+/m1/s1. The number of rotatable bonds is 5. The normalized spacial score (nSPS) is 40.4. The van der Waals surface area contributed by atoms with Gasteiger partial charge in [-0.15, -0.1) is 11.3 Å². The Morgan fingerprint density at radius 2 is 1.93 bits per heavy atom. The number of methoxy groups -OCH3 is 1. The molecular formula is C28H30ClF3O6S2. The lowest BCUT2D eigenvalue weighted by atomic mass is 9.45. The van der Waals surface area contributed by atoms with Gasteiger partial charge in [-0.3, -0.25) is 9.59 Å². The van der Waals surface area contributed by atoms with Crippen LogP contribution in [0.2, 0.25) is 4.34 Å². The Kier molecular flexibility index (Phi) is 7.23. The number of thiophene rings is 1. The zero-order chi connectivity index (χ0) is 29.4. The Balaban J connectivity index is 1.61. The van der Waals surface area contributed by atoms with Gasteiger partial charge in [0.25, 0.3) is 0 Å². The van der Waals surface area contributed by atoms with Crippen molar-refractivity contribution in [1.82, 2.24) is 0 Å². The number of thioether (sulfide) groups is 1. The average molecular weight is 619 g/mol. The van der Waals surface area contributed by atoms with Crippen molar-refractivity contribution in [2.75, 3.05) is 13.1 Å². The molecule has 6 nitrogen and oxygen atoms in total. The van der Waals surface area contributed by atoms with Crippen molar-refractivity contribution in [2.24, 2.45) is 28.6 Å². The van der Waals surface area contributed by atoms with E-state index in [0.717, 1.165) is 23.5 Å². The maximum Gasteiger partial charge on any atom is 0.343 e. The van der Waals surface area contributed by atoms with E-state index >= 15 is 8.78 Å². The van der Waals surface area contributed by atoms with Crippen LogP contribution in [0.25, 0.3) is 0 Å². The highest BCUT2D eigenvalue weighted by Gasteiger charge is 2.76. The third-order valence-corrected chi connectivity index (χ3v) is 12.1. The number of carbonyl (C=O) groups is 3. The van der Waals surface area contributed by atoms with Crippen LogP contribution in [0.3, 0.4) is 0 Å². The third kappa shape index (κ3) is 3.65. The van der Waals surface area contributed by atoms with Gasteiger partial charge in [0.05, 0.1) is 12.5 Å². The molecule has 5 rings (SSSR count). The number of ketones is 1. The number of aliphatic hydroxyl groups is 1. The van der Waals surface area contributed by atoms with Crippen LogP contribution in [0.1, 0.15) is 56.8 Å². The molecule has 218 valence electrons. The summed E-state index contributed by atoms with van der Waals surface area (Å²) >= 11 is 7.58. The summed E-state index contributed by atoms with van der Waals surface area (Å²) in [5, 5.41) is 11.6. The molecule has 4 aliphatic carbocycles. The molecule has 1 aromatic rings. The zero-order valence-corrected chi connectivity index (χ0v) is 24.8. The first kappa shape index (κ1) is 29.5. The summed E-state index contributed by atoms with van der Waals surface area (Å²) in [5.74, 6) is -4.23. The number of esters is 1. The highest BCUT2D eigenvalue weighted by atomic mass is 35.5. The van der Waals surface area contributed by atoms with Crippen LogP contribution in [0.4, 0.5) is 13.2 Å². The van der Waals surface area contributed by atoms with Gasteiger partial charge in [-0.2, -0.15) is 0 Å². The summed E-state index contributed by atoms with van der Waals surface area (Å²) in [6.45, 7) is 4.84. The predicted molar refractivity (Wildman–Crippen MR) is 146 cm³/mol. The van der Waals surface area contributed by atoms with E-state index in [1.165, 1.54) is 19.4 Å². The molecule has 0 aromatic carbocycles. The van der Waals surface area contributed by atoms with Crippen molar-refractivity contribution < 1.29 is 42.1 Å². The Bertz CT molecular complexity index is 1350. The molecule has 3 fully saturated rings. The fourth-order valence-electron chi connectivity index (χ4n) is 8.22. The molecule has 0 radical (unpaired) electrons. The van der Waals surface area contributed by atoms with Gasteiger partial charge >= 0.3 is 5.97 Å². The number of allylic oxidation sites excluding steroid dienone is 3. The summed E-state index contributed by atoms with van der Waals surface area (Å²) < 4.78 is 58.4. The van der Waals surface area contributed by atoms with Gasteiger partial charge in [-0.05, 0) is 61.9 Å². The molecule has 3 saturated carbocycles. The van der Waals surface area contributed by atoms with Crippen LogP contribution in [0.5, 0.6) is 5.75 Å². The summed E-state index contributed by atoms with van der Waals surface area (Å²) in [4.78, 5) is 39.4.